The number of nitrogen functional groups attached to an aromatic ring is 1. The van der Waals surface area contributed by atoms with Gasteiger partial charge in [-0.05, 0) is 36.4 Å². The van der Waals surface area contributed by atoms with Gasteiger partial charge in [0.2, 0.25) is 0 Å². The average molecular weight is 260 g/mol. The van der Waals surface area contributed by atoms with Gasteiger partial charge in [0.1, 0.15) is 5.52 Å². The smallest absolute Gasteiger partial charge is 0.300 e. The quantitative estimate of drug-likeness (QED) is 0.687. The molecule has 18 heavy (non-hydrogen) atoms. The second kappa shape index (κ2) is 4.23. The molecule has 3 aromatic rings. The number of fused-ring (bicyclic) bond motifs is 1. The van der Waals surface area contributed by atoms with Crippen molar-refractivity contribution in [1.29, 1.82) is 0 Å². The van der Waals surface area contributed by atoms with Crippen molar-refractivity contribution in [2.75, 3.05) is 11.1 Å². The molecule has 0 saturated carbocycles. The Morgan fingerprint density at radius 3 is 2.89 bits per heavy atom. The Balaban J connectivity index is 1.95. The zero-order chi connectivity index (χ0) is 12.5. The minimum Gasteiger partial charge on any atom is -0.423 e. The molecule has 0 fully saturated rings. The predicted molar refractivity (Wildman–Crippen MR) is 73.2 cm³/mol. The lowest BCUT2D eigenvalue weighted by molar-refractivity contribution is 0.623. The van der Waals surface area contributed by atoms with Crippen molar-refractivity contribution in [2.45, 2.75) is 0 Å². The molecule has 0 spiro atoms. The van der Waals surface area contributed by atoms with Gasteiger partial charge in [-0.2, -0.15) is 4.98 Å². The van der Waals surface area contributed by atoms with E-state index in [1.807, 2.05) is 12.1 Å². The summed E-state index contributed by atoms with van der Waals surface area (Å²) in [6.07, 6.45) is 0. The van der Waals surface area contributed by atoms with E-state index < -0.39 is 0 Å². The molecule has 0 saturated heterocycles. The van der Waals surface area contributed by atoms with Crippen LogP contribution in [-0.2, 0) is 0 Å². The number of halogens is 1. The van der Waals surface area contributed by atoms with Gasteiger partial charge in [-0.1, -0.05) is 17.7 Å². The van der Waals surface area contributed by atoms with Gasteiger partial charge >= 0.3 is 0 Å². The van der Waals surface area contributed by atoms with Gasteiger partial charge in [0, 0.05) is 16.4 Å². The Bertz CT molecular complexity index is 708. The first-order valence-corrected chi connectivity index (χ1v) is 5.77. The standard InChI is InChI=1S/C13H10ClN3O/c14-8-2-1-3-10(6-8)16-13-17-11-7-9(15)4-5-12(11)18-13/h1-7H,15H2,(H,16,17). The fourth-order valence-corrected chi connectivity index (χ4v) is 1.88. The van der Waals surface area contributed by atoms with Crippen LogP contribution < -0.4 is 11.1 Å². The van der Waals surface area contributed by atoms with E-state index in [0.717, 1.165) is 11.2 Å². The summed E-state index contributed by atoms with van der Waals surface area (Å²) in [5.74, 6) is 0. The van der Waals surface area contributed by atoms with Gasteiger partial charge in [-0.15, -0.1) is 0 Å². The zero-order valence-corrected chi connectivity index (χ0v) is 10.1. The molecule has 0 amide bonds. The largest absolute Gasteiger partial charge is 0.423 e. The van der Waals surface area contributed by atoms with Crippen molar-refractivity contribution in [3.8, 4) is 0 Å². The van der Waals surface area contributed by atoms with Crippen LogP contribution in [0.4, 0.5) is 17.4 Å². The van der Waals surface area contributed by atoms with Crippen LogP contribution in [0.2, 0.25) is 5.02 Å². The van der Waals surface area contributed by atoms with Gasteiger partial charge in [0.25, 0.3) is 6.01 Å². The zero-order valence-electron chi connectivity index (χ0n) is 9.35. The van der Waals surface area contributed by atoms with Crippen LogP contribution in [-0.4, -0.2) is 4.98 Å². The minimum absolute atomic E-state index is 0.415. The van der Waals surface area contributed by atoms with E-state index in [4.69, 9.17) is 21.8 Å². The number of nitrogens with two attached hydrogens (primary N) is 1. The highest BCUT2D eigenvalue weighted by molar-refractivity contribution is 6.30. The summed E-state index contributed by atoms with van der Waals surface area (Å²) in [5.41, 5.74) is 8.58. The summed E-state index contributed by atoms with van der Waals surface area (Å²) in [5, 5.41) is 3.70. The number of nitrogens with zero attached hydrogens (tertiary/aromatic N) is 1. The Morgan fingerprint density at radius 2 is 2.06 bits per heavy atom. The van der Waals surface area contributed by atoms with Crippen molar-refractivity contribution >= 4 is 40.1 Å². The first-order chi connectivity index (χ1) is 8.70. The molecule has 2 aromatic carbocycles. The highest BCUT2D eigenvalue weighted by Crippen LogP contribution is 2.24. The minimum atomic E-state index is 0.415. The lowest BCUT2D eigenvalue weighted by atomic mass is 10.3. The summed E-state index contributed by atoms with van der Waals surface area (Å²) < 4.78 is 5.55. The van der Waals surface area contributed by atoms with E-state index in [-0.39, 0.29) is 0 Å². The number of oxazole rings is 1. The van der Waals surface area contributed by atoms with Crippen LogP contribution in [0.1, 0.15) is 0 Å². The highest BCUT2D eigenvalue weighted by Gasteiger charge is 2.06. The third-order valence-corrected chi connectivity index (χ3v) is 2.72. The predicted octanol–water partition coefficient (Wildman–Crippen LogP) is 3.81. The number of anilines is 3. The molecule has 3 rings (SSSR count). The summed E-state index contributed by atoms with van der Waals surface area (Å²) in [6, 6.07) is 13.1. The monoisotopic (exact) mass is 259 g/mol. The van der Waals surface area contributed by atoms with Crippen molar-refractivity contribution in [3.63, 3.8) is 0 Å². The lowest BCUT2D eigenvalue weighted by Gasteiger charge is -2.00. The van der Waals surface area contributed by atoms with E-state index in [1.54, 1.807) is 30.3 Å². The van der Waals surface area contributed by atoms with Gasteiger partial charge in [-0.25, -0.2) is 0 Å². The Kier molecular flexibility index (Phi) is 2.57. The molecule has 0 aliphatic heterocycles. The molecule has 0 aliphatic rings. The fraction of sp³-hybridized carbons (Fsp3) is 0. The Morgan fingerprint density at radius 1 is 1.17 bits per heavy atom. The van der Waals surface area contributed by atoms with Crippen molar-refractivity contribution in [1.82, 2.24) is 4.98 Å². The molecular weight excluding hydrogens is 250 g/mol. The molecule has 0 radical (unpaired) electrons. The molecular formula is C13H10ClN3O. The number of benzene rings is 2. The summed E-state index contributed by atoms with van der Waals surface area (Å²) in [7, 11) is 0. The number of aromatic nitrogens is 1. The third kappa shape index (κ3) is 2.10. The number of nitrogens with one attached hydrogen (secondary N) is 1. The van der Waals surface area contributed by atoms with Crippen molar-refractivity contribution in [2.24, 2.45) is 0 Å². The van der Waals surface area contributed by atoms with Crippen molar-refractivity contribution < 1.29 is 4.42 Å². The van der Waals surface area contributed by atoms with Crippen LogP contribution in [0.5, 0.6) is 0 Å². The first kappa shape index (κ1) is 10.9. The molecule has 1 aromatic heterocycles. The molecule has 0 bridgehead atoms. The van der Waals surface area contributed by atoms with Gasteiger partial charge in [0.15, 0.2) is 5.58 Å². The second-order valence-electron chi connectivity index (χ2n) is 3.88. The molecule has 90 valence electrons. The van der Waals surface area contributed by atoms with E-state index >= 15 is 0 Å². The fourth-order valence-electron chi connectivity index (χ4n) is 1.69. The van der Waals surface area contributed by atoms with Crippen LogP contribution in [0.3, 0.4) is 0 Å². The molecule has 3 N–H and O–H groups in total. The first-order valence-electron chi connectivity index (χ1n) is 5.39. The molecule has 1 heterocycles. The van der Waals surface area contributed by atoms with Crippen LogP contribution in [0.25, 0.3) is 11.1 Å². The molecule has 0 atom stereocenters. The average Bonchev–Trinajstić information content (AvgIpc) is 2.70. The molecule has 4 nitrogen and oxygen atoms in total. The van der Waals surface area contributed by atoms with Crippen molar-refractivity contribution in [3.05, 3.63) is 47.5 Å². The van der Waals surface area contributed by atoms with Crippen LogP contribution in [0, 0.1) is 0 Å². The molecule has 0 aliphatic carbocycles. The van der Waals surface area contributed by atoms with Gasteiger partial charge in [0.05, 0.1) is 0 Å². The second-order valence-corrected chi connectivity index (χ2v) is 4.32. The summed E-state index contributed by atoms with van der Waals surface area (Å²) >= 11 is 5.90. The van der Waals surface area contributed by atoms with E-state index in [0.29, 0.717) is 22.3 Å². The molecule has 0 unspecified atom stereocenters. The summed E-state index contributed by atoms with van der Waals surface area (Å²) in [6.45, 7) is 0. The SMILES string of the molecule is Nc1ccc2oc(Nc3cccc(Cl)c3)nc2c1. The maximum absolute atomic E-state index is 5.90. The lowest BCUT2D eigenvalue weighted by Crippen LogP contribution is -1.89. The van der Waals surface area contributed by atoms with E-state index in [1.165, 1.54) is 0 Å². The number of hydrogen-bond donors (Lipinski definition) is 2. The maximum Gasteiger partial charge on any atom is 0.300 e. The molecule has 5 heteroatoms. The maximum atomic E-state index is 5.90. The van der Waals surface area contributed by atoms with Crippen LogP contribution in [0.15, 0.2) is 46.9 Å². The van der Waals surface area contributed by atoms with E-state index in [9.17, 15) is 0 Å². The van der Waals surface area contributed by atoms with Crippen LogP contribution >= 0.6 is 11.6 Å². The summed E-state index contributed by atoms with van der Waals surface area (Å²) in [4.78, 5) is 4.30. The number of hydrogen-bond acceptors (Lipinski definition) is 4. The highest BCUT2D eigenvalue weighted by atomic mass is 35.5. The normalized spacial score (nSPS) is 10.7. The topological polar surface area (TPSA) is 64.1 Å². The third-order valence-electron chi connectivity index (χ3n) is 2.49. The Hall–Kier alpha value is -2.20. The van der Waals surface area contributed by atoms with Gasteiger partial charge < -0.3 is 15.5 Å². The number of rotatable bonds is 2. The van der Waals surface area contributed by atoms with Gasteiger partial charge in [-0.3, -0.25) is 0 Å². The van der Waals surface area contributed by atoms with E-state index in [2.05, 4.69) is 10.3 Å². The Labute approximate surface area is 108 Å².